The Morgan fingerprint density at radius 2 is 0.765 bits per heavy atom. The van der Waals surface area contributed by atoms with E-state index in [4.69, 9.17) is 26.5 Å². The summed E-state index contributed by atoms with van der Waals surface area (Å²) >= 11 is 9.18. The van der Waals surface area contributed by atoms with E-state index in [0.717, 1.165) is 92.2 Å². The molecule has 15 nitrogen and oxygen atoms in total. The minimum Gasteiger partial charge on any atom is -0.465 e. The molecule has 119 heavy (non-hydrogen) atoms. The highest BCUT2D eigenvalue weighted by molar-refractivity contribution is 7.29. The second-order valence-electron chi connectivity index (χ2n) is 28.2. The second-order valence-corrected chi connectivity index (χ2v) is 34.5. The van der Waals surface area contributed by atoms with Crippen molar-refractivity contribution in [3.8, 4) is 47.4 Å². The highest BCUT2D eigenvalue weighted by atomic mass is 32.1. The molecule has 0 atom stereocenters. The van der Waals surface area contributed by atoms with Crippen molar-refractivity contribution in [2.24, 2.45) is 0 Å². The van der Waals surface area contributed by atoms with E-state index in [2.05, 4.69) is 120 Å². The van der Waals surface area contributed by atoms with Gasteiger partial charge >= 0.3 is 12.4 Å². The third-order valence-electron chi connectivity index (χ3n) is 19.0. The number of carbonyl (C=O) groups excluding carboxylic acids is 6. The Labute approximate surface area is 711 Å². The van der Waals surface area contributed by atoms with Crippen molar-refractivity contribution in [2.75, 3.05) is 14.7 Å². The van der Waals surface area contributed by atoms with Gasteiger partial charge < -0.3 is 26.5 Å². The van der Waals surface area contributed by atoms with Gasteiger partial charge in [-0.2, -0.15) is 26.3 Å². The average Bonchev–Trinajstić information content (AvgIpc) is 1.60. The Balaban J connectivity index is 0.000000227. The zero-order chi connectivity index (χ0) is 86.5. The Hall–Kier alpha value is -11.9. The summed E-state index contributed by atoms with van der Waals surface area (Å²) in [4.78, 5) is 84.5. The van der Waals surface area contributed by atoms with Crippen LogP contribution >= 0.6 is 56.7 Å². The first-order chi connectivity index (χ1) is 56.3. The highest BCUT2D eigenvalue weighted by Crippen LogP contribution is 2.43. The van der Waals surface area contributed by atoms with E-state index in [0.29, 0.717) is 45.4 Å². The Morgan fingerprint density at radius 3 is 1.20 bits per heavy atom. The molecule has 14 heterocycles. The van der Waals surface area contributed by atoms with Crippen molar-refractivity contribution in [3.05, 3.63) is 246 Å². The average molecular weight is 1720 g/mol. The number of nitrogens with zero attached hydrogens (tertiary/aromatic N) is 3. The normalized spacial score (nSPS) is 12.5. The van der Waals surface area contributed by atoms with Gasteiger partial charge in [0, 0.05) is 57.8 Å². The monoisotopic (exact) mass is 1720 g/mol. The van der Waals surface area contributed by atoms with Crippen molar-refractivity contribution in [2.45, 2.75) is 169 Å². The third kappa shape index (κ3) is 19.5. The van der Waals surface area contributed by atoms with Crippen LogP contribution in [0.2, 0.25) is 0 Å². The molecule has 0 saturated carbocycles. The first-order valence-corrected chi connectivity index (χ1v) is 41.6. The predicted octanol–water partition coefficient (Wildman–Crippen LogP) is 27.4. The molecule has 11 aromatic heterocycles. The van der Waals surface area contributed by atoms with Crippen LogP contribution < -0.4 is 14.7 Å². The molecule has 0 fully saturated rings. The first-order valence-electron chi connectivity index (χ1n) is 37.5. The van der Waals surface area contributed by atoms with Crippen molar-refractivity contribution >= 4 is 149 Å². The van der Waals surface area contributed by atoms with Gasteiger partial charge in [0.25, 0.3) is 35.4 Å². The smallest absolute Gasteiger partial charge is 0.416 e. The number of aryl methyl sites for hydroxylation is 17. The van der Waals surface area contributed by atoms with Crippen LogP contribution in [0.25, 0.3) is 40.2 Å². The molecule has 0 N–H and O–H groups in total. The van der Waals surface area contributed by atoms with Crippen LogP contribution in [0.1, 0.15) is 218 Å². The Bertz CT molecular complexity index is 6110. The molecule has 14 aromatic rings. The molecule has 622 valence electrons. The fraction of sp³-hybridized carbons (Fsp3) is 0.269. The van der Waals surface area contributed by atoms with Crippen LogP contribution in [0.4, 0.5) is 43.4 Å². The lowest BCUT2D eigenvalue weighted by molar-refractivity contribution is -0.138. The molecule has 0 aliphatic carbocycles. The standard InChI is InChI=1S/C20H23NO3.C18H12S2.C16H12F3NO3.C15H10F3NO3.C8H8O2.C8H8OS.C8H8S2.5H2/c1-4-5-6-7-8-15-9-11-16(12-10-15)21-19(22)17-13(2)24-14(3)18(17)20(21)23;1-5-6-7-8-9-10-11-12-16-15(4)20-17-13(2)14(3)19-18(16)17;1-7-4-10(16(17,18)19)6-11(5-7)20-14(21)12-8(2)23-9(3)13(12)15(20)22;1-7-11-12(8(2)22-7)14(21)19(13(11)20)10-5-3-9(4-6-10)15(16,17)18;1-5-3-7-8(9-5)4-6(2)10-7;1-5-3-8-7(9-5)4-6(2)10-8;1-5-3-7-8(9-5)4-6(2)10-7;;;;;/h9-12H,4-8H2,1-3H3;1-4H3;4-6H,1-3H3;3-6H,1-2H3;3*3-4H,1-2H3;5*1H. The lowest BCUT2D eigenvalue weighted by Crippen LogP contribution is -2.30. The maximum Gasteiger partial charge on any atom is 0.416 e. The summed E-state index contributed by atoms with van der Waals surface area (Å²) in [6.45, 7) is 33.7. The van der Waals surface area contributed by atoms with Crippen LogP contribution in [0.5, 0.6) is 0 Å². The highest BCUT2D eigenvalue weighted by Gasteiger charge is 2.46. The maximum atomic E-state index is 13.0. The quantitative estimate of drug-likeness (QED) is 0.0606. The minimum atomic E-state index is -4.56. The first kappa shape index (κ1) is 87.9. The fourth-order valence-corrected chi connectivity index (χ4v) is 19.3. The number of carbonyl (C=O) groups is 6. The van der Waals surface area contributed by atoms with E-state index in [1.165, 1.54) is 116 Å². The number of thiophene rings is 5. The van der Waals surface area contributed by atoms with E-state index in [1.807, 2.05) is 103 Å². The molecule has 0 saturated heterocycles. The number of alkyl halides is 6. The molecule has 6 amide bonds. The number of hydrogen-bond acceptors (Lipinski definition) is 17. The van der Waals surface area contributed by atoms with Gasteiger partial charge in [0.15, 0.2) is 11.2 Å². The van der Waals surface area contributed by atoms with Crippen molar-refractivity contribution in [1.82, 2.24) is 0 Å². The number of unbranched alkanes of at least 4 members (excludes halogenated alkanes) is 3. The Morgan fingerprint density at radius 1 is 0.370 bits per heavy atom. The number of furan rings is 6. The van der Waals surface area contributed by atoms with Gasteiger partial charge in [0.2, 0.25) is 0 Å². The summed E-state index contributed by atoms with van der Waals surface area (Å²) in [7, 11) is 0. The van der Waals surface area contributed by atoms with Crippen LogP contribution in [0.3, 0.4) is 0 Å². The van der Waals surface area contributed by atoms with Crippen LogP contribution in [-0.4, -0.2) is 35.4 Å². The van der Waals surface area contributed by atoms with E-state index in [9.17, 15) is 55.1 Å². The summed E-state index contributed by atoms with van der Waals surface area (Å²) in [6, 6.07) is 27.2. The van der Waals surface area contributed by atoms with Gasteiger partial charge in [0.1, 0.15) is 57.4 Å². The summed E-state index contributed by atoms with van der Waals surface area (Å²) in [6.07, 6.45) is -3.10. The molecule has 0 bridgehead atoms. The topological polar surface area (TPSA) is 191 Å². The van der Waals surface area contributed by atoms with E-state index < -0.39 is 47.1 Å². The van der Waals surface area contributed by atoms with Crippen molar-refractivity contribution in [3.63, 3.8) is 0 Å². The summed E-state index contributed by atoms with van der Waals surface area (Å²) in [5.41, 5.74) is 6.99. The molecule has 0 unspecified atom stereocenters. The molecular formula is C93H91F6N3O12S5. The second kappa shape index (κ2) is 36.5. The molecule has 3 aromatic carbocycles. The summed E-state index contributed by atoms with van der Waals surface area (Å²) in [5, 5.41) is 0. The largest absolute Gasteiger partial charge is 0.465 e. The SMILES string of the molecule is CC#CC#CC#CC#Cc1c(C)sc2c(C)c(C)sc12.CCCCCCc1ccc(N2C(=O)c3c(C)oc(C)c3C2=O)cc1.Cc1cc(N2C(=O)c3c(C)oc(C)c3C2=O)cc(C(F)(F)F)c1.Cc1cc2oc(C)cc2o1.Cc1cc2sc(C)cc2o1.Cc1cc2sc(C)cc2s1.Cc1oc(C)c2c1C(=O)N(c1ccc(C(F)(F)F)cc1)C2=O.[HH].[HH].[HH].[HH].[HH]. The number of rotatable bonds is 8. The van der Waals surface area contributed by atoms with Gasteiger partial charge in [-0.1, -0.05) is 50.2 Å². The van der Waals surface area contributed by atoms with E-state index in [1.54, 1.807) is 46.0 Å². The maximum absolute atomic E-state index is 13.0. The number of benzene rings is 3. The van der Waals surface area contributed by atoms with Crippen LogP contribution in [0.15, 0.2) is 130 Å². The van der Waals surface area contributed by atoms with Gasteiger partial charge in [-0.05, 0) is 262 Å². The van der Waals surface area contributed by atoms with Gasteiger partial charge in [0.05, 0.1) is 76.5 Å². The molecule has 26 heteroatoms. The lowest BCUT2D eigenvalue weighted by Gasteiger charge is -2.17. The molecule has 0 spiro atoms. The van der Waals surface area contributed by atoms with Crippen LogP contribution in [0, 0.1) is 158 Å². The molecule has 3 aliphatic heterocycles. The molecular weight excluding hydrogens is 1630 g/mol. The van der Waals surface area contributed by atoms with Crippen molar-refractivity contribution in [1.29, 1.82) is 0 Å². The Kier molecular flexibility index (Phi) is 27.0. The summed E-state index contributed by atoms with van der Waals surface area (Å²) < 4.78 is 115. The molecule has 0 radical (unpaired) electrons. The third-order valence-corrected chi connectivity index (χ3v) is 24.7. The predicted molar refractivity (Wildman–Crippen MR) is 471 cm³/mol. The van der Waals surface area contributed by atoms with E-state index in [-0.39, 0.29) is 64.1 Å². The van der Waals surface area contributed by atoms with E-state index >= 15 is 0 Å². The van der Waals surface area contributed by atoms with Crippen molar-refractivity contribution < 1.29 is 88.7 Å². The number of hydrogen-bond donors (Lipinski definition) is 0. The summed E-state index contributed by atoms with van der Waals surface area (Å²) in [5.74, 6) is 24.0. The van der Waals surface area contributed by atoms with Gasteiger partial charge in [-0.15, -0.1) is 56.7 Å². The lowest BCUT2D eigenvalue weighted by atomic mass is 10.1. The van der Waals surface area contributed by atoms with Crippen LogP contribution in [-0.2, 0) is 18.8 Å². The zero-order valence-corrected chi connectivity index (χ0v) is 72.5. The minimum absolute atomic E-state index is 0. The molecule has 3 aliphatic rings. The number of imide groups is 3. The van der Waals surface area contributed by atoms with Gasteiger partial charge in [-0.3, -0.25) is 28.8 Å². The fourth-order valence-electron chi connectivity index (χ4n) is 13.6. The number of amides is 6. The zero-order valence-electron chi connectivity index (χ0n) is 68.4. The number of halogens is 6. The molecule has 17 rings (SSSR count). The number of fused-ring (bicyclic) bond motifs is 7. The number of anilines is 3. The van der Waals surface area contributed by atoms with Gasteiger partial charge in [-0.25, -0.2) is 14.7 Å².